The van der Waals surface area contributed by atoms with Crippen molar-refractivity contribution in [1.82, 2.24) is 9.21 Å². The Kier molecular flexibility index (Phi) is 6.61. The first kappa shape index (κ1) is 23.9. The number of nitrogens with zero attached hydrogens (tertiary/aromatic N) is 4. The molecule has 9 nitrogen and oxygen atoms in total. The molecule has 186 valence electrons. The van der Waals surface area contributed by atoms with Crippen molar-refractivity contribution in [3.8, 4) is 5.75 Å². The molecular formula is C24H27ClN4O5S. The van der Waals surface area contributed by atoms with Crippen molar-refractivity contribution in [2.45, 2.75) is 17.7 Å². The van der Waals surface area contributed by atoms with Crippen LogP contribution in [0.3, 0.4) is 0 Å². The minimum absolute atomic E-state index is 0.102. The summed E-state index contributed by atoms with van der Waals surface area (Å²) in [5.74, 6) is -0.165. The average Bonchev–Trinajstić information content (AvgIpc) is 3.42. The maximum atomic E-state index is 13.1. The fraction of sp³-hybridized carbons (Fsp3) is 0.417. The van der Waals surface area contributed by atoms with Gasteiger partial charge in [-0.15, -0.1) is 0 Å². The molecule has 0 aliphatic carbocycles. The molecule has 2 fully saturated rings. The largest absolute Gasteiger partial charge is 0.482 e. The third-order valence-electron chi connectivity index (χ3n) is 6.69. The lowest BCUT2D eigenvalue weighted by molar-refractivity contribution is -0.132. The minimum atomic E-state index is -3.67. The first-order valence-corrected chi connectivity index (χ1v) is 13.5. The van der Waals surface area contributed by atoms with Crippen LogP contribution in [0.25, 0.3) is 0 Å². The second-order valence-electron chi connectivity index (χ2n) is 8.85. The molecule has 0 N–H and O–H groups in total. The molecule has 0 radical (unpaired) electrons. The number of carbonyl (C=O) groups is 2. The molecule has 0 bridgehead atoms. The fourth-order valence-corrected chi connectivity index (χ4v) is 6.36. The van der Waals surface area contributed by atoms with Crippen LogP contribution in [-0.4, -0.2) is 81.9 Å². The van der Waals surface area contributed by atoms with Gasteiger partial charge in [-0.25, -0.2) is 8.42 Å². The predicted octanol–water partition coefficient (Wildman–Crippen LogP) is 2.20. The fourth-order valence-electron chi connectivity index (χ4n) is 4.69. The van der Waals surface area contributed by atoms with Crippen LogP contribution < -0.4 is 14.5 Å². The molecule has 0 saturated carbocycles. The zero-order valence-corrected chi connectivity index (χ0v) is 20.8. The van der Waals surface area contributed by atoms with E-state index < -0.39 is 10.0 Å². The lowest BCUT2D eigenvalue weighted by atomic mass is 10.2. The third kappa shape index (κ3) is 4.82. The van der Waals surface area contributed by atoms with Crippen molar-refractivity contribution in [1.29, 1.82) is 0 Å². The van der Waals surface area contributed by atoms with Crippen molar-refractivity contribution < 1.29 is 22.7 Å². The summed E-state index contributed by atoms with van der Waals surface area (Å²) < 4.78 is 33.0. The number of fused-ring (bicyclic) bond motifs is 1. The SMILES string of the molecule is O=C(CN1C(=O)COc2ccc(S(=O)(=O)N3CCCC3)cc21)N1CCN(c2ccc(Cl)cc2)CC1. The quantitative estimate of drug-likeness (QED) is 0.603. The van der Waals surface area contributed by atoms with Gasteiger partial charge in [-0.3, -0.25) is 14.5 Å². The van der Waals surface area contributed by atoms with Crippen molar-refractivity contribution in [3.05, 3.63) is 47.5 Å². The second kappa shape index (κ2) is 9.67. The van der Waals surface area contributed by atoms with Crippen molar-refractivity contribution in [2.75, 3.05) is 62.2 Å². The lowest BCUT2D eigenvalue weighted by Crippen LogP contribution is -2.53. The molecule has 0 spiro atoms. The lowest BCUT2D eigenvalue weighted by Gasteiger charge is -2.37. The number of ether oxygens (including phenoxy) is 1. The van der Waals surface area contributed by atoms with E-state index in [9.17, 15) is 18.0 Å². The van der Waals surface area contributed by atoms with E-state index in [4.69, 9.17) is 16.3 Å². The number of piperazine rings is 1. The zero-order chi connectivity index (χ0) is 24.6. The highest BCUT2D eigenvalue weighted by Crippen LogP contribution is 2.35. The highest BCUT2D eigenvalue weighted by atomic mass is 35.5. The Hall–Kier alpha value is -2.82. The minimum Gasteiger partial charge on any atom is -0.482 e. The van der Waals surface area contributed by atoms with Crippen LogP contribution in [0.2, 0.25) is 5.02 Å². The second-order valence-corrected chi connectivity index (χ2v) is 11.2. The Morgan fingerprint density at radius 2 is 1.63 bits per heavy atom. The van der Waals surface area contributed by atoms with E-state index in [1.54, 1.807) is 11.0 Å². The van der Waals surface area contributed by atoms with E-state index in [2.05, 4.69) is 4.90 Å². The Labute approximate surface area is 209 Å². The molecule has 11 heteroatoms. The molecule has 2 aromatic rings. The molecule has 35 heavy (non-hydrogen) atoms. The average molecular weight is 519 g/mol. The van der Waals surface area contributed by atoms with Gasteiger partial charge in [-0.2, -0.15) is 4.31 Å². The summed E-state index contributed by atoms with van der Waals surface area (Å²) in [5.41, 5.74) is 1.36. The van der Waals surface area contributed by atoms with Gasteiger partial charge in [-0.1, -0.05) is 11.6 Å². The Bertz CT molecular complexity index is 1220. The molecule has 0 unspecified atom stereocenters. The van der Waals surface area contributed by atoms with Gasteiger partial charge < -0.3 is 14.5 Å². The number of anilines is 2. The molecule has 0 aromatic heterocycles. The maximum Gasteiger partial charge on any atom is 0.265 e. The van der Waals surface area contributed by atoms with Gasteiger partial charge in [-0.05, 0) is 55.3 Å². The molecule has 2 saturated heterocycles. The summed E-state index contributed by atoms with van der Waals surface area (Å²) in [6, 6.07) is 12.1. The molecule has 3 heterocycles. The van der Waals surface area contributed by atoms with Crippen molar-refractivity contribution in [2.24, 2.45) is 0 Å². The van der Waals surface area contributed by atoms with Crippen LogP contribution in [0, 0.1) is 0 Å². The van der Waals surface area contributed by atoms with E-state index >= 15 is 0 Å². The molecule has 0 atom stereocenters. The van der Waals surface area contributed by atoms with E-state index in [-0.39, 0.29) is 29.9 Å². The van der Waals surface area contributed by atoms with Crippen LogP contribution in [0.1, 0.15) is 12.8 Å². The maximum absolute atomic E-state index is 13.1. The summed E-state index contributed by atoms with van der Waals surface area (Å²) in [6.45, 7) is 3.00. The highest BCUT2D eigenvalue weighted by molar-refractivity contribution is 7.89. The molecule has 3 aliphatic heterocycles. The van der Waals surface area contributed by atoms with Gasteiger partial charge in [0.2, 0.25) is 15.9 Å². The summed E-state index contributed by atoms with van der Waals surface area (Å²) >= 11 is 5.98. The van der Waals surface area contributed by atoms with Gasteiger partial charge >= 0.3 is 0 Å². The molecular weight excluding hydrogens is 492 g/mol. The van der Waals surface area contributed by atoms with Crippen molar-refractivity contribution in [3.63, 3.8) is 0 Å². The van der Waals surface area contributed by atoms with Gasteiger partial charge in [0, 0.05) is 50.0 Å². The van der Waals surface area contributed by atoms with Crippen LogP contribution in [0.15, 0.2) is 47.4 Å². The molecule has 2 amide bonds. The third-order valence-corrected chi connectivity index (χ3v) is 8.84. The normalized spacial score (nSPS) is 19.0. The predicted molar refractivity (Wildman–Crippen MR) is 133 cm³/mol. The Morgan fingerprint density at radius 1 is 0.943 bits per heavy atom. The number of carbonyl (C=O) groups excluding carboxylic acids is 2. The first-order valence-electron chi connectivity index (χ1n) is 11.7. The standard InChI is InChI=1S/C24H27ClN4O5S/c25-18-3-5-19(6-4-18)26-11-13-27(14-12-26)23(30)16-29-21-15-20(7-8-22(21)34-17-24(29)31)35(32,33)28-9-1-2-10-28/h3-8,15H,1-2,9-14,16-17H2. The summed E-state index contributed by atoms with van der Waals surface area (Å²) in [7, 11) is -3.67. The van der Waals surface area contributed by atoms with Crippen LogP contribution >= 0.6 is 11.6 Å². The number of rotatable bonds is 5. The van der Waals surface area contributed by atoms with E-state index in [1.807, 2.05) is 24.3 Å². The zero-order valence-electron chi connectivity index (χ0n) is 19.2. The number of halogens is 1. The molecule has 5 rings (SSSR count). The van der Waals surface area contributed by atoms with Gasteiger partial charge in [0.05, 0.1) is 10.6 Å². The highest BCUT2D eigenvalue weighted by Gasteiger charge is 2.33. The topological polar surface area (TPSA) is 90.5 Å². The van der Waals surface area contributed by atoms with Crippen molar-refractivity contribution >= 4 is 44.8 Å². The number of amides is 2. The number of hydrogen-bond acceptors (Lipinski definition) is 6. The van der Waals surface area contributed by atoms with Crippen LogP contribution in [0.4, 0.5) is 11.4 Å². The molecule has 3 aliphatic rings. The van der Waals surface area contributed by atoms with Crippen LogP contribution in [-0.2, 0) is 19.6 Å². The Morgan fingerprint density at radius 3 is 2.31 bits per heavy atom. The van der Waals surface area contributed by atoms with Gasteiger partial charge in [0.25, 0.3) is 5.91 Å². The van der Waals surface area contributed by atoms with Crippen LogP contribution in [0.5, 0.6) is 5.75 Å². The van der Waals surface area contributed by atoms with Gasteiger partial charge in [0.15, 0.2) is 6.61 Å². The smallest absolute Gasteiger partial charge is 0.265 e. The molecule has 2 aromatic carbocycles. The van der Waals surface area contributed by atoms with E-state index in [1.165, 1.54) is 21.3 Å². The summed E-state index contributed by atoms with van der Waals surface area (Å²) in [6.07, 6.45) is 1.66. The Balaban J connectivity index is 1.29. The number of benzene rings is 2. The van der Waals surface area contributed by atoms with E-state index in [0.717, 1.165) is 18.5 Å². The van der Waals surface area contributed by atoms with Gasteiger partial charge in [0.1, 0.15) is 12.3 Å². The number of sulfonamides is 1. The summed E-state index contributed by atoms with van der Waals surface area (Å²) in [5, 5.41) is 0.675. The summed E-state index contributed by atoms with van der Waals surface area (Å²) in [4.78, 5) is 31.2. The monoisotopic (exact) mass is 518 g/mol. The first-order chi connectivity index (χ1) is 16.8. The van der Waals surface area contributed by atoms with E-state index in [0.29, 0.717) is 55.7 Å². The number of hydrogen-bond donors (Lipinski definition) is 0.